The molecule has 1 fully saturated rings. The number of rotatable bonds is 2. The van der Waals surface area contributed by atoms with Gasteiger partial charge in [0, 0.05) is 0 Å². The Balaban J connectivity index is 2.19. The predicted octanol–water partition coefficient (Wildman–Crippen LogP) is 0.885. The van der Waals surface area contributed by atoms with Gasteiger partial charge in [0.1, 0.15) is 12.9 Å². The second-order valence-electron chi connectivity index (χ2n) is 3.22. The number of aromatic nitrogens is 3. The Labute approximate surface area is 71.2 Å². The van der Waals surface area contributed by atoms with Gasteiger partial charge in [-0.15, -0.1) is 0 Å². The van der Waals surface area contributed by atoms with Crippen molar-refractivity contribution < 1.29 is 5.11 Å². The van der Waals surface area contributed by atoms with Crippen LogP contribution in [0.15, 0.2) is 6.33 Å². The molecular weight excluding hydrogens is 154 g/mol. The van der Waals surface area contributed by atoms with Crippen molar-refractivity contribution in [2.24, 2.45) is 0 Å². The average Bonchev–Trinajstić information content (AvgIpc) is 2.74. The van der Waals surface area contributed by atoms with E-state index in [0.29, 0.717) is 11.9 Å². The Morgan fingerprint density at radius 1 is 1.50 bits per heavy atom. The average molecular weight is 167 g/mol. The van der Waals surface area contributed by atoms with Crippen LogP contribution in [0.25, 0.3) is 0 Å². The number of aliphatic hydroxyl groups is 1. The summed E-state index contributed by atoms with van der Waals surface area (Å²) in [6, 6.07) is 0.481. The Morgan fingerprint density at radius 2 is 2.25 bits per heavy atom. The van der Waals surface area contributed by atoms with Crippen molar-refractivity contribution in [3.8, 4) is 0 Å². The largest absolute Gasteiger partial charge is 0.388 e. The molecule has 0 atom stereocenters. The van der Waals surface area contributed by atoms with Crippen LogP contribution in [0.2, 0.25) is 0 Å². The number of aliphatic hydroxyl groups excluding tert-OH is 1. The Morgan fingerprint density at radius 3 is 2.92 bits per heavy atom. The molecule has 1 aliphatic rings. The van der Waals surface area contributed by atoms with Crippen LogP contribution in [0, 0.1) is 0 Å². The maximum absolute atomic E-state index is 8.94. The van der Waals surface area contributed by atoms with E-state index in [1.54, 1.807) is 0 Å². The lowest BCUT2D eigenvalue weighted by Gasteiger charge is -2.10. The van der Waals surface area contributed by atoms with Crippen LogP contribution in [-0.4, -0.2) is 19.9 Å². The molecule has 1 aromatic heterocycles. The molecule has 1 heterocycles. The van der Waals surface area contributed by atoms with Gasteiger partial charge in [-0.1, -0.05) is 12.8 Å². The van der Waals surface area contributed by atoms with Gasteiger partial charge in [0.05, 0.1) is 6.04 Å². The molecule has 1 aliphatic carbocycles. The molecule has 1 aromatic rings. The topological polar surface area (TPSA) is 50.9 Å². The van der Waals surface area contributed by atoms with Crippen LogP contribution >= 0.6 is 0 Å². The van der Waals surface area contributed by atoms with Crippen LogP contribution in [0.1, 0.15) is 37.5 Å². The highest BCUT2D eigenvalue weighted by molar-refractivity contribution is 4.86. The summed E-state index contributed by atoms with van der Waals surface area (Å²) in [6.07, 6.45) is 6.42. The SMILES string of the molecule is OCc1ncnn1C1CCCC1. The number of hydrogen-bond acceptors (Lipinski definition) is 3. The monoisotopic (exact) mass is 167 g/mol. The molecule has 0 amide bonds. The third kappa shape index (κ3) is 1.22. The van der Waals surface area contributed by atoms with Gasteiger partial charge in [0.15, 0.2) is 5.82 Å². The van der Waals surface area contributed by atoms with Crippen LogP contribution < -0.4 is 0 Å². The maximum atomic E-state index is 8.94. The quantitative estimate of drug-likeness (QED) is 0.711. The molecule has 1 saturated carbocycles. The third-order valence-corrected chi connectivity index (χ3v) is 2.46. The zero-order chi connectivity index (χ0) is 8.39. The maximum Gasteiger partial charge on any atom is 0.152 e. The van der Waals surface area contributed by atoms with E-state index in [9.17, 15) is 0 Å². The first kappa shape index (κ1) is 7.73. The van der Waals surface area contributed by atoms with E-state index >= 15 is 0 Å². The van der Waals surface area contributed by atoms with E-state index in [1.807, 2.05) is 4.68 Å². The predicted molar refractivity (Wildman–Crippen MR) is 43.4 cm³/mol. The van der Waals surface area contributed by atoms with Gasteiger partial charge in [0.25, 0.3) is 0 Å². The van der Waals surface area contributed by atoms with Crippen molar-refractivity contribution in [1.82, 2.24) is 14.8 Å². The second-order valence-corrected chi connectivity index (χ2v) is 3.22. The fourth-order valence-electron chi connectivity index (χ4n) is 1.84. The van der Waals surface area contributed by atoms with Gasteiger partial charge in [-0.2, -0.15) is 5.10 Å². The summed E-state index contributed by atoms with van der Waals surface area (Å²) in [5, 5.41) is 13.1. The van der Waals surface area contributed by atoms with Crippen molar-refractivity contribution in [3.05, 3.63) is 12.2 Å². The number of nitrogens with zero attached hydrogens (tertiary/aromatic N) is 3. The zero-order valence-electron chi connectivity index (χ0n) is 6.98. The van der Waals surface area contributed by atoms with Gasteiger partial charge >= 0.3 is 0 Å². The van der Waals surface area contributed by atoms with E-state index in [-0.39, 0.29) is 6.61 Å². The fraction of sp³-hybridized carbons (Fsp3) is 0.750. The summed E-state index contributed by atoms with van der Waals surface area (Å²) < 4.78 is 1.87. The van der Waals surface area contributed by atoms with E-state index in [1.165, 1.54) is 32.0 Å². The van der Waals surface area contributed by atoms with Gasteiger partial charge < -0.3 is 5.11 Å². The normalized spacial score (nSPS) is 18.8. The van der Waals surface area contributed by atoms with E-state index < -0.39 is 0 Å². The Bertz CT molecular complexity index is 253. The summed E-state index contributed by atoms with van der Waals surface area (Å²) in [4.78, 5) is 3.98. The summed E-state index contributed by atoms with van der Waals surface area (Å²) in [5.41, 5.74) is 0. The molecule has 0 saturated heterocycles. The minimum atomic E-state index is -0.00347. The van der Waals surface area contributed by atoms with Crippen LogP contribution in [0.5, 0.6) is 0 Å². The van der Waals surface area contributed by atoms with Gasteiger partial charge in [-0.3, -0.25) is 0 Å². The molecule has 2 rings (SSSR count). The smallest absolute Gasteiger partial charge is 0.152 e. The molecule has 1 N–H and O–H groups in total. The molecule has 4 heteroatoms. The molecule has 66 valence electrons. The van der Waals surface area contributed by atoms with Gasteiger partial charge in [-0.25, -0.2) is 9.67 Å². The Hall–Kier alpha value is -0.900. The standard InChI is InChI=1S/C8H13N3O/c12-5-8-9-6-10-11(8)7-3-1-2-4-7/h6-7,12H,1-5H2. The summed E-state index contributed by atoms with van der Waals surface area (Å²) in [7, 11) is 0. The van der Waals surface area contributed by atoms with E-state index in [2.05, 4.69) is 10.1 Å². The highest BCUT2D eigenvalue weighted by atomic mass is 16.3. The lowest BCUT2D eigenvalue weighted by molar-refractivity contribution is 0.256. The first-order valence-corrected chi connectivity index (χ1v) is 4.41. The molecule has 0 bridgehead atoms. The van der Waals surface area contributed by atoms with Crippen molar-refractivity contribution in [1.29, 1.82) is 0 Å². The van der Waals surface area contributed by atoms with Crippen molar-refractivity contribution in [3.63, 3.8) is 0 Å². The van der Waals surface area contributed by atoms with Crippen molar-refractivity contribution in [2.75, 3.05) is 0 Å². The molecule has 4 nitrogen and oxygen atoms in total. The molecule has 0 spiro atoms. The van der Waals surface area contributed by atoms with Crippen LogP contribution in [0.4, 0.5) is 0 Å². The summed E-state index contributed by atoms with van der Waals surface area (Å²) in [6.45, 7) is -0.00347. The molecule has 0 aliphatic heterocycles. The first-order valence-electron chi connectivity index (χ1n) is 4.41. The molecule has 0 unspecified atom stereocenters. The lowest BCUT2D eigenvalue weighted by atomic mass is 10.2. The zero-order valence-corrected chi connectivity index (χ0v) is 6.98. The van der Waals surface area contributed by atoms with Crippen LogP contribution in [0.3, 0.4) is 0 Å². The minimum Gasteiger partial charge on any atom is -0.388 e. The fourth-order valence-corrected chi connectivity index (χ4v) is 1.84. The van der Waals surface area contributed by atoms with Crippen LogP contribution in [-0.2, 0) is 6.61 Å². The van der Waals surface area contributed by atoms with Gasteiger partial charge in [-0.05, 0) is 12.8 Å². The Kier molecular flexibility index (Phi) is 2.08. The van der Waals surface area contributed by atoms with E-state index in [4.69, 9.17) is 5.11 Å². The first-order chi connectivity index (χ1) is 5.92. The molecule has 0 radical (unpaired) electrons. The van der Waals surface area contributed by atoms with Gasteiger partial charge in [0.2, 0.25) is 0 Å². The number of hydrogen-bond donors (Lipinski definition) is 1. The van der Waals surface area contributed by atoms with Crippen molar-refractivity contribution >= 4 is 0 Å². The lowest BCUT2D eigenvalue weighted by Crippen LogP contribution is -2.10. The molecular formula is C8H13N3O. The van der Waals surface area contributed by atoms with Crippen molar-refractivity contribution in [2.45, 2.75) is 38.3 Å². The minimum absolute atomic E-state index is 0.00347. The molecule has 12 heavy (non-hydrogen) atoms. The summed E-state index contributed by atoms with van der Waals surface area (Å²) in [5.74, 6) is 0.696. The third-order valence-electron chi connectivity index (χ3n) is 2.46. The highest BCUT2D eigenvalue weighted by Gasteiger charge is 2.19. The molecule has 0 aromatic carbocycles. The second kappa shape index (κ2) is 3.23. The summed E-state index contributed by atoms with van der Waals surface area (Å²) >= 11 is 0. The highest BCUT2D eigenvalue weighted by Crippen LogP contribution is 2.29. The van der Waals surface area contributed by atoms with E-state index in [0.717, 1.165) is 0 Å².